The van der Waals surface area contributed by atoms with E-state index in [2.05, 4.69) is 21.7 Å². The van der Waals surface area contributed by atoms with Crippen LogP contribution >= 0.6 is 0 Å². The number of amides is 3. The average Bonchev–Trinajstić information content (AvgIpc) is 3.60. The van der Waals surface area contributed by atoms with Gasteiger partial charge in [-0.3, -0.25) is 14.4 Å². The summed E-state index contributed by atoms with van der Waals surface area (Å²) in [5.74, 6) is -0.623. The van der Waals surface area contributed by atoms with Crippen molar-refractivity contribution < 1.29 is 23.9 Å². The third-order valence-corrected chi connectivity index (χ3v) is 7.57. The highest BCUT2D eigenvalue weighted by atomic mass is 16.5. The van der Waals surface area contributed by atoms with Crippen molar-refractivity contribution in [2.75, 3.05) is 19.0 Å². The lowest BCUT2D eigenvalue weighted by Crippen LogP contribution is -2.56. The lowest BCUT2D eigenvalue weighted by Gasteiger charge is -2.33. The third-order valence-electron chi connectivity index (χ3n) is 7.57. The van der Waals surface area contributed by atoms with Gasteiger partial charge in [-0.2, -0.15) is 5.26 Å². The molecule has 2 aliphatic rings. The maximum atomic E-state index is 14.2. The highest BCUT2D eigenvalue weighted by molar-refractivity contribution is 6.07. The van der Waals surface area contributed by atoms with Crippen LogP contribution in [0.2, 0.25) is 0 Å². The minimum absolute atomic E-state index is 0.0189. The first-order valence-electron chi connectivity index (χ1n) is 13.2. The third kappa shape index (κ3) is 4.67. The van der Waals surface area contributed by atoms with Gasteiger partial charge in [-0.1, -0.05) is 24.3 Å². The number of ether oxygens (including phenoxy) is 2. The molecule has 10 nitrogen and oxygen atoms in total. The summed E-state index contributed by atoms with van der Waals surface area (Å²) in [6.45, 7) is 7.32. The molecule has 0 radical (unpaired) electrons. The highest BCUT2D eigenvalue weighted by Gasteiger charge is 2.56. The van der Waals surface area contributed by atoms with E-state index in [9.17, 15) is 19.6 Å². The number of aromatic nitrogens is 1. The van der Waals surface area contributed by atoms with E-state index in [-0.39, 0.29) is 24.6 Å². The first-order valence-corrected chi connectivity index (χ1v) is 13.2. The zero-order valence-electron chi connectivity index (χ0n) is 23.2. The van der Waals surface area contributed by atoms with E-state index in [1.54, 1.807) is 26.2 Å². The van der Waals surface area contributed by atoms with Crippen LogP contribution in [0.3, 0.4) is 0 Å². The number of carbonyl (C=O) groups is 3. The number of carbonyl (C=O) groups excluding carboxylic acids is 3. The van der Waals surface area contributed by atoms with E-state index in [1.807, 2.05) is 57.2 Å². The molecular formula is C30H33N5O5. The van der Waals surface area contributed by atoms with Crippen LogP contribution in [-0.2, 0) is 19.7 Å². The molecule has 0 aliphatic carbocycles. The first kappa shape index (κ1) is 27.2. The molecule has 0 saturated carbocycles. The van der Waals surface area contributed by atoms with Gasteiger partial charge in [0.15, 0.2) is 0 Å². The molecule has 3 aromatic rings. The molecule has 4 atom stereocenters. The topological polar surface area (TPSA) is 137 Å². The molecule has 5 rings (SSSR count). The molecule has 3 amide bonds. The molecule has 0 bridgehead atoms. The zero-order chi connectivity index (χ0) is 28.8. The number of fused-ring (bicyclic) bond motifs is 3. The van der Waals surface area contributed by atoms with Crippen LogP contribution < -0.4 is 15.4 Å². The monoisotopic (exact) mass is 543 g/mol. The number of para-hydroxylation sites is 1. The van der Waals surface area contributed by atoms with Crippen molar-refractivity contribution in [3.63, 3.8) is 0 Å². The van der Waals surface area contributed by atoms with Gasteiger partial charge in [0.2, 0.25) is 11.8 Å². The first-order chi connectivity index (χ1) is 19.0. The van der Waals surface area contributed by atoms with Crippen LogP contribution in [0, 0.1) is 11.3 Å². The van der Waals surface area contributed by atoms with Gasteiger partial charge in [0.1, 0.15) is 23.5 Å². The van der Waals surface area contributed by atoms with Gasteiger partial charge in [-0.25, -0.2) is 0 Å². The van der Waals surface area contributed by atoms with Crippen LogP contribution in [0.4, 0.5) is 5.69 Å². The molecule has 2 aromatic carbocycles. The van der Waals surface area contributed by atoms with E-state index in [1.165, 1.54) is 4.90 Å². The second-order valence-corrected chi connectivity index (χ2v) is 11.4. The Balaban J connectivity index is 1.47. The van der Waals surface area contributed by atoms with E-state index >= 15 is 0 Å². The minimum Gasteiger partial charge on any atom is -0.496 e. The average molecular weight is 544 g/mol. The van der Waals surface area contributed by atoms with Crippen molar-refractivity contribution in [1.29, 1.82) is 5.26 Å². The van der Waals surface area contributed by atoms with Crippen LogP contribution in [0.5, 0.6) is 5.75 Å². The maximum Gasteiger partial charge on any atom is 0.268 e. The predicted octanol–water partition coefficient (Wildman–Crippen LogP) is 3.49. The van der Waals surface area contributed by atoms with Gasteiger partial charge in [-0.15, -0.1) is 0 Å². The van der Waals surface area contributed by atoms with Gasteiger partial charge in [-0.05, 0) is 57.5 Å². The van der Waals surface area contributed by atoms with Crippen molar-refractivity contribution in [3.8, 4) is 11.8 Å². The van der Waals surface area contributed by atoms with Gasteiger partial charge < -0.3 is 30.0 Å². The number of anilines is 1. The number of hydrogen-bond donors (Lipinski definition) is 3. The van der Waals surface area contributed by atoms with Crippen LogP contribution in [0.1, 0.15) is 50.2 Å². The van der Waals surface area contributed by atoms with Crippen molar-refractivity contribution in [2.45, 2.75) is 63.3 Å². The van der Waals surface area contributed by atoms with Crippen LogP contribution in [-0.4, -0.2) is 65.0 Å². The lowest BCUT2D eigenvalue weighted by molar-refractivity contribution is -0.141. The molecule has 40 heavy (non-hydrogen) atoms. The number of methoxy groups -OCH3 is 1. The Kier molecular flexibility index (Phi) is 6.80. The number of likely N-dealkylation sites (tertiary alicyclic amines) is 1. The second-order valence-electron chi connectivity index (χ2n) is 11.4. The summed E-state index contributed by atoms with van der Waals surface area (Å²) >= 11 is 0. The number of nitriles is 1. The molecule has 3 N–H and O–H groups in total. The van der Waals surface area contributed by atoms with Crippen molar-refractivity contribution in [1.82, 2.24) is 15.2 Å². The van der Waals surface area contributed by atoms with Gasteiger partial charge in [0.25, 0.3) is 5.91 Å². The standard InChI is InChI=1S/C30H33N5O5/c1-17(40-29(2,3)4)25(34-26(36)23-13-19-21(32-23)11-8-12-24(19)39-5)27(37)35-16-30(14-18(35)15-31)20-9-6-7-10-22(20)33-28(30)38/h6-13,17-18,25,32H,14,16H2,1-5H3,(H,33,38)(H,34,36)/t17?,18-,25-,30-/m0/s1. The van der Waals surface area contributed by atoms with Crippen molar-refractivity contribution in [3.05, 3.63) is 59.8 Å². The number of H-pyrrole nitrogens is 1. The molecule has 2 aliphatic heterocycles. The summed E-state index contributed by atoms with van der Waals surface area (Å²) in [6.07, 6.45) is -0.578. The molecule has 1 unspecified atom stereocenters. The molecule has 3 heterocycles. The molecule has 208 valence electrons. The summed E-state index contributed by atoms with van der Waals surface area (Å²) < 4.78 is 11.5. The molecule has 1 spiro atoms. The summed E-state index contributed by atoms with van der Waals surface area (Å²) in [5, 5.41) is 16.5. The SMILES string of the molecule is COc1cccc2[nH]c(C(=O)N[C@H](C(=O)N3C[C@]4(C[C@H]3C#N)C(=O)Nc3ccccc34)C(C)OC(C)(C)C)cc12. The fraction of sp³-hybridized carbons (Fsp3) is 0.400. The predicted molar refractivity (Wildman–Crippen MR) is 149 cm³/mol. The fourth-order valence-electron chi connectivity index (χ4n) is 5.82. The Morgan fingerprint density at radius 3 is 2.65 bits per heavy atom. The number of hydrogen-bond acceptors (Lipinski definition) is 6. The lowest BCUT2D eigenvalue weighted by atomic mass is 9.80. The molecule has 1 saturated heterocycles. The largest absolute Gasteiger partial charge is 0.496 e. The minimum atomic E-state index is -1.12. The van der Waals surface area contributed by atoms with E-state index in [0.717, 1.165) is 10.9 Å². The second kappa shape index (κ2) is 9.99. The number of nitrogens with one attached hydrogen (secondary N) is 3. The van der Waals surface area contributed by atoms with E-state index in [0.29, 0.717) is 17.0 Å². The summed E-state index contributed by atoms with van der Waals surface area (Å²) in [4.78, 5) is 45.3. The van der Waals surface area contributed by atoms with Crippen molar-refractivity contribution in [2.24, 2.45) is 0 Å². The van der Waals surface area contributed by atoms with Gasteiger partial charge in [0.05, 0.1) is 30.3 Å². The Morgan fingerprint density at radius 2 is 1.95 bits per heavy atom. The fourth-order valence-corrected chi connectivity index (χ4v) is 5.82. The Hall–Kier alpha value is -4.36. The maximum absolute atomic E-state index is 14.2. The van der Waals surface area contributed by atoms with Gasteiger partial charge >= 0.3 is 0 Å². The zero-order valence-corrected chi connectivity index (χ0v) is 23.2. The quantitative estimate of drug-likeness (QED) is 0.435. The van der Waals surface area contributed by atoms with Gasteiger partial charge in [0, 0.05) is 29.6 Å². The Bertz CT molecular complexity index is 1530. The summed E-state index contributed by atoms with van der Waals surface area (Å²) in [5.41, 5.74) is 0.761. The Morgan fingerprint density at radius 1 is 1.20 bits per heavy atom. The van der Waals surface area contributed by atoms with E-state index < -0.39 is 41.0 Å². The van der Waals surface area contributed by atoms with Crippen molar-refractivity contribution >= 4 is 34.3 Å². The number of nitrogens with zero attached hydrogens (tertiary/aromatic N) is 2. The van der Waals surface area contributed by atoms with E-state index in [4.69, 9.17) is 9.47 Å². The summed E-state index contributed by atoms with van der Waals surface area (Å²) in [6, 6.07) is 14.7. The number of benzene rings is 2. The normalized spacial score (nSPS) is 21.6. The number of rotatable bonds is 6. The number of aromatic amines is 1. The van der Waals surface area contributed by atoms with Crippen LogP contribution in [0.25, 0.3) is 10.9 Å². The molecular weight excluding hydrogens is 510 g/mol. The van der Waals surface area contributed by atoms with Crippen LogP contribution in [0.15, 0.2) is 48.5 Å². The molecule has 1 fully saturated rings. The molecule has 10 heteroatoms. The summed E-state index contributed by atoms with van der Waals surface area (Å²) in [7, 11) is 1.55. The molecule has 1 aromatic heterocycles. The smallest absolute Gasteiger partial charge is 0.268 e. The Labute approximate surface area is 232 Å². The highest BCUT2D eigenvalue weighted by Crippen LogP contribution is 2.46.